The number of fused-ring (bicyclic) bond motifs is 1. The third-order valence-corrected chi connectivity index (χ3v) is 4.89. The average molecular weight is 358 g/mol. The van der Waals surface area contributed by atoms with Crippen molar-refractivity contribution in [2.45, 2.75) is 19.4 Å². The minimum Gasteiger partial charge on any atom is -0.295 e. The van der Waals surface area contributed by atoms with Gasteiger partial charge in [-0.25, -0.2) is 4.68 Å². The van der Waals surface area contributed by atoms with Crippen LogP contribution in [0.2, 0.25) is 0 Å². The van der Waals surface area contributed by atoms with E-state index in [-0.39, 0.29) is 5.91 Å². The van der Waals surface area contributed by atoms with Crippen molar-refractivity contribution < 1.29 is 4.79 Å². The van der Waals surface area contributed by atoms with Crippen LogP contribution in [0, 0.1) is 0 Å². The second-order valence-electron chi connectivity index (χ2n) is 6.74. The molecule has 1 saturated heterocycles. The van der Waals surface area contributed by atoms with Crippen LogP contribution in [0.15, 0.2) is 54.7 Å². The molecule has 134 valence electrons. The Kier molecular flexibility index (Phi) is 3.71. The van der Waals surface area contributed by atoms with Gasteiger partial charge >= 0.3 is 0 Å². The number of aromatic amines is 1. The molecule has 27 heavy (non-hydrogen) atoms. The van der Waals surface area contributed by atoms with Crippen LogP contribution < -0.4 is 4.90 Å². The lowest BCUT2D eigenvalue weighted by Crippen LogP contribution is -2.24. The Hall–Kier alpha value is -3.48. The number of nitrogens with zero attached hydrogens (tertiary/aromatic N) is 5. The Morgan fingerprint density at radius 2 is 2.00 bits per heavy atom. The van der Waals surface area contributed by atoms with Crippen molar-refractivity contribution in [3.05, 3.63) is 60.3 Å². The highest BCUT2D eigenvalue weighted by Gasteiger charge is 2.25. The fourth-order valence-corrected chi connectivity index (χ4v) is 3.52. The SMILES string of the molecule is O=C1CCCN1c1n[nH]c2ccc(-c3cn(Cc4ccccc4)nn3)cc12. The van der Waals surface area contributed by atoms with Crippen LogP contribution in [0.4, 0.5) is 5.82 Å². The predicted molar refractivity (Wildman–Crippen MR) is 102 cm³/mol. The van der Waals surface area contributed by atoms with Crippen molar-refractivity contribution in [2.75, 3.05) is 11.4 Å². The highest BCUT2D eigenvalue weighted by Crippen LogP contribution is 2.30. The first kappa shape index (κ1) is 15.7. The molecule has 0 unspecified atom stereocenters. The Morgan fingerprint density at radius 1 is 1.11 bits per heavy atom. The van der Waals surface area contributed by atoms with Gasteiger partial charge in [0, 0.05) is 23.9 Å². The summed E-state index contributed by atoms with van der Waals surface area (Å²) < 4.78 is 1.83. The molecule has 2 aromatic heterocycles. The van der Waals surface area contributed by atoms with Gasteiger partial charge in [-0.2, -0.15) is 5.10 Å². The molecule has 0 bridgehead atoms. The third-order valence-electron chi connectivity index (χ3n) is 4.89. The summed E-state index contributed by atoms with van der Waals surface area (Å²) in [5, 5.41) is 16.9. The van der Waals surface area contributed by atoms with E-state index in [1.807, 2.05) is 47.3 Å². The van der Waals surface area contributed by atoms with Crippen molar-refractivity contribution in [3.8, 4) is 11.3 Å². The minimum atomic E-state index is 0.127. The molecule has 1 aliphatic heterocycles. The maximum Gasteiger partial charge on any atom is 0.228 e. The van der Waals surface area contributed by atoms with Gasteiger partial charge < -0.3 is 0 Å². The maximum atomic E-state index is 12.1. The van der Waals surface area contributed by atoms with Gasteiger partial charge in [-0.3, -0.25) is 14.8 Å². The van der Waals surface area contributed by atoms with Crippen LogP contribution >= 0.6 is 0 Å². The summed E-state index contributed by atoms with van der Waals surface area (Å²) >= 11 is 0. The zero-order valence-corrected chi connectivity index (χ0v) is 14.7. The lowest BCUT2D eigenvalue weighted by atomic mass is 10.1. The van der Waals surface area contributed by atoms with Crippen LogP contribution in [0.25, 0.3) is 22.2 Å². The highest BCUT2D eigenvalue weighted by molar-refractivity contribution is 6.03. The van der Waals surface area contributed by atoms with Gasteiger partial charge in [-0.05, 0) is 24.1 Å². The van der Waals surface area contributed by atoms with Gasteiger partial charge in [0.25, 0.3) is 0 Å². The van der Waals surface area contributed by atoms with Crippen molar-refractivity contribution in [1.29, 1.82) is 0 Å². The molecule has 3 heterocycles. The first-order valence-corrected chi connectivity index (χ1v) is 9.01. The smallest absolute Gasteiger partial charge is 0.228 e. The number of hydrogen-bond acceptors (Lipinski definition) is 4. The summed E-state index contributed by atoms with van der Waals surface area (Å²) in [6.07, 6.45) is 3.40. The molecule has 1 amide bonds. The summed E-state index contributed by atoms with van der Waals surface area (Å²) in [5.41, 5.74) is 3.84. The summed E-state index contributed by atoms with van der Waals surface area (Å²) in [5.74, 6) is 0.827. The van der Waals surface area contributed by atoms with Gasteiger partial charge in [0.15, 0.2) is 5.82 Å². The Morgan fingerprint density at radius 3 is 2.81 bits per heavy atom. The zero-order chi connectivity index (χ0) is 18.2. The van der Waals surface area contributed by atoms with Gasteiger partial charge in [-0.1, -0.05) is 41.6 Å². The molecule has 2 aromatic carbocycles. The predicted octanol–water partition coefficient (Wildman–Crippen LogP) is 3.00. The molecular weight excluding hydrogens is 340 g/mol. The van der Waals surface area contributed by atoms with Gasteiger partial charge in [0.2, 0.25) is 5.91 Å². The van der Waals surface area contributed by atoms with Crippen LogP contribution in [-0.4, -0.2) is 37.6 Å². The quantitative estimate of drug-likeness (QED) is 0.608. The maximum absolute atomic E-state index is 12.1. The van der Waals surface area contributed by atoms with E-state index in [0.29, 0.717) is 18.8 Å². The second kappa shape index (κ2) is 6.35. The molecule has 4 aromatic rings. The largest absolute Gasteiger partial charge is 0.295 e. The highest BCUT2D eigenvalue weighted by atomic mass is 16.2. The number of benzene rings is 2. The number of nitrogens with one attached hydrogen (secondary N) is 1. The van der Waals surface area contributed by atoms with Crippen molar-refractivity contribution in [3.63, 3.8) is 0 Å². The minimum absolute atomic E-state index is 0.127. The summed E-state index contributed by atoms with van der Waals surface area (Å²) in [4.78, 5) is 13.9. The summed E-state index contributed by atoms with van der Waals surface area (Å²) in [7, 11) is 0. The van der Waals surface area contributed by atoms with Gasteiger partial charge in [-0.15, -0.1) is 5.10 Å². The fraction of sp³-hybridized carbons (Fsp3) is 0.200. The Bertz CT molecular complexity index is 1110. The van der Waals surface area contributed by atoms with E-state index in [1.165, 1.54) is 5.56 Å². The van der Waals surface area contributed by atoms with Crippen LogP contribution in [0.5, 0.6) is 0 Å². The van der Waals surface area contributed by atoms with E-state index >= 15 is 0 Å². The number of H-pyrrole nitrogens is 1. The van der Waals surface area contributed by atoms with E-state index in [1.54, 1.807) is 4.90 Å². The van der Waals surface area contributed by atoms with Gasteiger partial charge in [0.05, 0.1) is 18.3 Å². The Balaban J connectivity index is 1.48. The lowest BCUT2D eigenvalue weighted by molar-refractivity contribution is -0.117. The lowest BCUT2D eigenvalue weighted by Gasteiger charge is -2.12. The molecule has 0 atom stereocenters. The summed E-state index contributed by atoms with van der Waals surface area (Å²) in [6.45, 7) is 1.39. The Labute approximate surface area is 155 Å². The van der Waals surface area contributed by atoms with Crippen LogP contribution in [0.1, 0.15) is 18.4 Å². The summed E-state index contributed by atoms with van der Waals surface area (Å²) in [6, 6.07) is 16.2. The molecule has 0 radical (unpaired) electrons. The zero-order valence-electron chi connectivity index (χ0n) is 14.7. The fourth-order valence-electron chi connectivity index (χ4n) is 3.52. The second-order valence-corrected chi connectivity index (χ2v) is 6.74. The van der Waals surface area contributed by atoms with E-state index in [2.05, 4.69) is 32.6 Å². The number of amides is 1. The molecule has 7 nitrogen and oxygen atoms in total. The van der Waals surface area contributed by atoms with Crippen molar-refractivity contribution in [2.24, 2.45) is 0 Å². The average Bonchev–Trinajstić information content (AvgIpc) is 3.41. The topological polar surface area (TPSA) is 79.7 Å². The molecule has 0 aliphatic carbocycles. The molecule has 0 spiro atoms. The standard InChI is InChI=1S/C20H18N6O/c27-19-7-4-10-26(19)20-16-11-15(8-9-17(16)21-23-20)18-13-25(24-22-18)12-14-5-2-1-3-6-14/h1-3,5-6,8-9,11,13H,4,7,10,12H2,(H,21,23). The first-order valence-electron chi connectivity index (χ1n) is 9.01. The van der Waals surface area contributed by atoms with E-state index in [0.717, 1.165) is 35.1 Å². The van der Waals surface area contributed by atoms with Crippen LogP contribution in [0.3, 0.4) is 0 Å². The number of hydrogen-bond donors (Lipinski definition) is 1. The molecule has 7 heteroatoms. The van der Waals surface area contributed by atoms with E-state index in [4.69, 9.17) is 0 Å². The van der Waals surface area contributed by atoms with Gasteiger partial charge in [0.1, 0.15) is 5.69 Å². The monoisotopic (exact) mass is 358 g/mol. The van der Waals surface area contributed by atoms with Crippen molar-refractivity contribution in [1.82, 2.24) is 25.2 Å². The van der Waals surface area contributed by atoms with E-state index < -0.39 is 0 Å². The third kappa shape index (κ3) is 2.87. The number of carbonyl (C=O) groups is 1. The molecular formula is C20H18N6O. The number of anilines is 1. The molecule has 0 saturated carbocycles. The first-order chi connectivity index (χ1) is 13.3. The molecule has 5 rings (SSSR count). The van der Waals surface area contributed by atoms with Crippen LogP contribution in [-0.2, 0) is 11.3 Å². The normalized spacial score (nSPS) is 14.4. The number of carbonyl (C=O) groups excluding carboxylic acids is 1. The number of aromatic nitrogens is 5. The number of rotatable bonds is 4. The molecule has 1 fully saturated rings. The molecule has 1 N–H and O–H groups in total. The molecule has 1 aliphatic rings. The van der Waals surface area contributed by atoms with E-state index in [9.17, 15) is 4.79 Å². The van der Waals surface area contributed by atoms with Crippen molar-refractivity contribution >= 4 is 22.6 Å².